The molecular weight excluding hydrogens is 256 g/mol. The maximum absolute atomic E-state index is 12.1. The Labute approximate surface area is 109 Å². The fraction of sp³-hybridized carbons (Fsp3) is 0.636. The second kappa shape index (κ2) is 5.84. The predicted molar refractivity (Wildman–Crippen MR) is 69.7 cm³/mol. The molecule has 0 radical (unpaired) electrons. The smallest absolute Gasteiger partial charge is 0.228 e. The fourth-order valence-electron chi connectivity index (χ4n) is 1.71. The lowest BCUT2D eigenvalue weighted by Gasteiger charge is -2.26. The Kier molecular flexibility index (Phi) is 4.42. The largest absolute Gasteiger partial charge is 0.378 e. The van der Waals surface area contributed by atoms with Gasteiger partial charge in [0.05, 0.1) is 25.3 Å². The van der Waals surface area contributed by atoms with Crippen LogP contribution in [0.5, 0.6) is 0 Å². The third-order valence-corrected chi connectivity index (χ3v) is 4.87. The number of hydrogen-bond acceptors (Lipinski definition) is 5. The van der Waals surface area contributed by atoms with E-state index in [1.54, 1.807) is 23.1 Å². The Balaban J connectivity index is 1.99. The molecule has 2 heterocycles. The summed E-state index contributed by atoms with van der Waals surface area (Å²) in [5, 5.41) is 0. The molecule has 94 valence electrons. The molecule has 1 aromatic rings. The number of ether oxygens (including phenoxy) is 1. The number of carbonyl (C=O) groups excluding carboxylic acids is 1. The van der Waals surface area contributed by atoms with Gasteiger partial charge in [-0.2, -0.15) is 0 Å². The molecule has 6 heteroatoms. The second-order valence-corrected chi connectivity index (χ2v) is 6.00. The van der Waals surface area contributed by atoms with Crippen LogP contribution in [0.25, 0.3) is 0 Å². The van der Waals surface area contributed by atoms with Crippen molar-refractivity contribution in [3.05, 3.63) is 10.6 Å². The highest BCUT2D eigenvalue weighted by atomic mass is 32.2. The Morgan fingerprint density at radius 3 is 2.82 bits per heavy atom. The van der Waals surface area contributed by atoms with Crippen LogP contribution in [0.1, 0.15) is 10.6 Å². The molecule has 0 unspecified atom stereocenters. The first-order valence-electron chi connectivity index (χ1n) is 5.56. The summed E-state index contributed by atoms with van der Waals surface area (Å²) >= 11 is 3.25. The normalized spacial score (nSPS) is 16.2. The summed E-state index contributed by atoms with van der Waals surface area (Å²) in [6, 6.07) is 0. The SMILES string of the molecule is CSc1nc(C)c(CC(=O)N2CCOCC2)s1. The van der Waals surface area contributed by atoms with Crippen LogP contribution in [0.4, 0.5) is 0 Å². The summed E-state index contributed by atoms with van der Waals surface area (Å²) in [4.78, 5) is 19.4. The zero-order valence-corrected chi connectivity index (χ0v) is 11.7. The molecule has 1 aliphatic rings. The summed E-state index contributed by atoms with van der Waals surface area (Å²) < 4.78 is 6.27. The van der Waals surface area contributed by atoms with E-state index in [2.05, 4.69) is 4.98 Å². The number of carbonyl (C=O) groups is 1. The highest BCUT2D eigenvalue weighted by Crippen LogP contribution is 2.26. The van der Waals surface area contributed by atoms with Gasteiger partial charge in [-0.05, 0) is 13.2 Å². The quantitative estimate of drug-likeness (QED) is 0.783. The van der Waals surface area contributed by atoms with E-state index in [1.165, 1.54) is 0 Å². The highest BCUT2D eigenvalue weighted by molar-refractivity contribution is 8.00. The molecule has 0 saturated carbocycles. The van der Waals surface area contributed by atoms with Gasteiger partial charge in [0.1, 0.15) is 4.34 Å². The van der Waals surface area contributed by atoms with Crippen LogP contribution < -0.4 is 0 Å². The van der Waals surface area contributed by atoms with Crippen LogP contribution >= 0.6 is 23.1 Å². The summed E-state index contributed by atoms with van der Waals surface area (Å²) in [6.07, 6.45) is 2.48. The topological polar surface area (TPSA) is 42.4 Å². The Morgan fingerprint density at radius 1 is 1.53 bits per heavy atom. The summed E-state index contributed by atoms with van der Waals surface area (Å²) in [5.74, 6) is 0.188. The van der Waals surface area contributed by atoms with Crippen molar-refractivity contribution in [1.82, 2.24) is 9.88 Å². The number of aromatic nitrogens is 1. The molecule has 1 aliphatic heterocycles. The average Bonchev–Trinajstić information content (AvgIpc) is 2.71. The first kappa shape index (κ1) is 12.9. The number of hydrogen-bond donors (Lipinski definition) is 0. The number of rotatable bonds is 3. The van der Waals surface area contributed by atoms with Crippen molar-refractivity contribution in [3.8, 4) is 0 Å². The molecule has 1 saturated heterocycles. The number of aryl methyl sites for hydroxylation is 1. The predicted octanol–water partition coefficient (Wildman–Crippen LogP) is 1.57. The van der Waals surface area contributed by atoms with E-state index in [0.29, 0.717) is 32.7 Å². The second-order valence-electron chi connectivity index (χ2n) is 3.86. The van der Waals surface area contributed by atoms with Gasteiger partial charge in [-0.3, -0.25) is 4.79 Å². The number of morpholine rings is 1. The molecule has 2 rings (SSSR count). The lowest BCUT2D eigenvalue weighted by atomic mass is 10.2. The molecule has 0 atom stereocenters. The Morgan fingerprint density at radius 2 is 2.24 bits per heavy atom. The molecule has 4 nitrogen and oxygen atoms in total. The zero-order chi connectivity index (χ0) is 12.3. The van der Waals surface area contributed by atoms with E-state index >= 15 is 0 Å². The van der Waals surface area contributed by atoms with Gasteiger partial charge in [-0.15, -0.1) is 11.3 Å². The third-order valence-electron chi connectivity index (χ3n) is 2.72. The van der Waals surface area contributed by atoms with Crippen molar-refractivity contribution in [2.75, 3.05) is 32.6 Å². The van der Waals surface area contributed by atoms with Gasteiger partial charge in [-0.25, -0.2) is 4.98 Å². The molecular formula is C11H16N2O2S2. The van der Waals surface area contributed by atoms with Crippen LogP contribution in [0, 0.1) is 6.92 Å². The molecule has 0 aromatic carbocycles. The van der Waals surface area contributed by atoms with E-state index in [-0.39, 0.29) is 5.91 Å². The van der Waals surface area contributed by atoms with E-state index in [9.17, 15) is 4.79 Å². The van der Waals surface area contributed by atoms with Gasteiger partial charge in [0, 0.05) is 18.0 Å². The first-order chi connectivity index (χ1) is 8.20. The zero-order valence-electron chi connectivity index (χ0n) is 10.1. The standard InChI is InChI=1S/C11H16N2O2S2/c1-8-9(17-11(12-8)16-2)7-10(14)13-3-5-15-6-4-13/h3-7H2,1-2H3. The monoisotopic (exact) mass is 272 g/mol. The van der Waals surface area contributed by atoms with E-state index < -0.39 is 0 Å². The average molecular weight is 272 g/mol. The fourth-order valence-corrected chi connectivity index (χ4v) is 3.36. The van der Waals surface area contributed by atoms with Crippen molar-refractivity contribution < 1.29 is 9.53 Å². The summed E-state index contributed by atoms with van der Waals surface area (Å²) in [5.41, 5.74) is 0.987. The van der Waals surface area contributed by atoms with Crippen molar-refractivity contribution in [1.29, 1.82) is 0 Å². The molecule has 0 bridgehead atoms. The van der Waals surface area contributed by atoms with Crippen molar-refractivity contribution in [2.24, 2.45) is 0 Å². The summed E-state index contributed by atoms with van der Waals surface area (Å²) in [6.45, 7) is 4.71. The van der Waals surface area contributed by atoms with Crippen molar-refractivity contribution >= 4 is 29.0 Å². The van der Waals surface area contributed by atoms with Gasteiger partial charge in [0.2, 0.25) is 5.91 Å². The molecule has 0 N–H and O–H groups in total. The summed E-state index contributed by atoms with van der Waals surface area (Å²) in [7, 11) is 0. The lowest BCUT2D eigenvalue weighted by Crippen LogP contribution is -2.41. The maximum Gasteiger partial charge on any atom is 0.228 e. The van der Waals surface area contributed by atoms with Gasteiger partial charge in [-0.1, -0.05) is 11.8 Å². The third kappa shape index (κ3) is 3.20. The van der Waals surface area contributed by atoms with Crippen LogP contribution in [0.3, 0.4) is 0 Å². The van der Waals surface area contributed by atoms with Crippen LogP contribution in [-0.2, 0) is 16.0 Å². The molecule has 1 fully saturated rings. The minimum Gasteiger partial charge on any atom is -0.378 e. The lowest BCUT2D eigenvalue weighted by molar-refractivity contribution is -0.134. The molecule has 0 aliphatic carbocycles. The van der Waals surface area contributed by atoms with Crippen LogP contribution in [-0.4, -0.2) is 48.4 Å². The minimum atomic E-state index is 0.188. The highest BCUT2D eigenvalue weighted by Gasteiger charge is 2.19. The van der Waals surface area contributed by atoms with Gasteiger partial charge in [0.25, 0.3) is 0 Å². The van der Waals surface area contributed by atoms with Gasteiger partial charge in [0.15, 0.2) is 0 Å². The molecule has 17 heavy (non-hydrogen) atoms. The van der Waals surface area contributed by atoms with E-state index in [0.717, 1.165) is 14.9 Å². The van der Waals surface area contributed by atoms with E-state index in [1.807, 2.05) is 18.1 Å². The van der Waals surface area contributed by atoms with Crippen molar-refractivity contribution in [3.63, 3.8) is 0 Å². The molecule has 1 aromatic heterocycles. The molecule has 1 amide bonds. The maximum atomic E-state index is 12.1. The van der Waals surface area contributed by atoms with Crippen LogP contribution in [0.15, 0.2) is 4.34 Å². The van der Waals surface area contributed by atoms with Crippen molar-refractivity contribution in [2.45, 2.75) is 17.7 Å². The number of nitrogens with zero attached hydrogens (tertiary/aromatic N) is 2. The van der Waals surface area contributed by atoms with Crippen LogP contribution in [0.2, 0.25) is 0 Å². The first-order valence-corrected chi connectivity index (χ1v) is 7.60. The number of thioether (sulfide) groups is 1. The number of thiazole rings is 1. The van der Waals surface area contributed by atoms with Gasteiger partial charge >= 0.3 is 0 Å². The number of amides is 1. The van der Waals surface area contributed by atoms with E-state index in [4.69, 9.17) is 4.74 Å². The minimum absolute atomic E-state index is 0.188. The van der Waals surface area contributed by atoms with Gasteiger partial charge < -0.3 is 9.64 Å². The molecule has 0 spiro atoms. The Bertz CT molecular complexity index is 400. The Hall–Kier alpha value is -0.590.